The summed E-state index contributed by atoms with van der Waals surface area (Å²) in [4.78, 5) is 24.5. The predicted molar refractivity (Wildman–Crippen MR) is 222 cm³/mol. The van der Waals surface area contributed by atoms with Crippen molar-refractivity contribution in [3.63, 3.8) is 0 Å². The number of amides is 1. The standard InChI is InChI=1S/C45H61ClFN3O8/c1-5-24-56-45-40(50(43(53)55-25-18-46)30-31-12-14-33(47)15-13-31)29-38(48-58-44(2,3)4)36-27-32(10-6-8-22-51)35(11-7-9-23-52)41(42(36)45)37-28-34(16-17-39(37)57-45)54-26-21-49-19-20-49/h5,12-17,27-28,32,35,40-42,51-52H,1,6-11,18-26,29-30H2,2-4H3. The topological polar surface area (TPSA) is 122 Å². The normalized spacial score (nSPS) is 25.5. The summed E-state index contributed by atoms with van der Waals surface area (Å²) in [7, 11) is 0. The van der Waals surface area contributed by atoms with Crippen LogP contribution in [0.25, 0.3) is 0 Å². The number of carbonyl (C=O) groups excluding carboxylic acids is 1. The van der Waals surface area contributed by atoms with Crippen LogP contribution in [0, 0.1) is 23.6 Å². The van der Waals surface area contributed by atoms with Gasteiger partial charge in [-0.05, 0) is 99.8 Å². The first-order valence-electron chi connectivity index (χ1n) is 20.9. The Kier molecular flexibility index (Phi) is 15.2. The molecule has 1 saturated carbocycles. The number of oxime groups is 1. The summed E-state index contributed by atoms with van der Waals surface area (Å²) < 4.78 is 40.7. The van der Waals surface area contributed by atoms with Crippen molar-refractivity contribution in [3.05, 3.63) is 83.7 Å². The van der Waals surface area contributed by atoms with E-state index in [0.29, 0.717) is 36.5 Å². The predicted octanol–water partition coefficient (Wildman–Crippen LogP) is 7.83. The van der Waals surface area contributed by atoms with Gasteiger partial charge in [0.15, 0.2) is 0 Å². The molecule has 6 atom stereocenters. The molecule has 318 valence electrons. The second kappa shape index (κ2) is 20.1. The first-order chi connectivity index (χ1) is 28.0. The minimum Gasteiger partial charge on any atom is -0.492 e. The Morgan fingerprint density at radius 3 is 2.50 bits per heavy atom. The second-order valence-corrected chi connectivity index (χ2v) is 17.1. The number of halogens is 2. The molecule has 0 bridgehead atoms. The van der Waals surface area contributed by atoms with Crippen molar-refractivity contribution in [2.75, 3.05) is 58.5 Å². The zero-order valence-electron chi connectivity index (χ0n) is 34.3. The molecule has 2 aliphatic heterocycles. The zero-order chi connectivity index (χ0) is 41.3. The average Bonchev–Trinajstić information content (AvgIpc) is 4.04. The first-order valence-corrected chi connectivity index (χ1v) is 21.4. The van der Waals surface area contributed by atoms with Gasteiger partial charge < -0.3 is 34.0 Å². The van der Waals surface area contributed by atoms with Gasteiger partial charge in [-0.2, -0.15) is 0 Å². The smallest absolute Gasteiger partial charge is 0.410 e. The van der Waals surface area contributed by atoms with Gasteiger partial charge in [0.1, 0.15) is 42.2 Å². The van der Waals surface area contributed by atoms with E-state index in [1.807, 2.05) is 32.9 Å². The van der Waals surface area contributed by atoms with Gasteiger partial charge in [-0.15, -0.1) is 18.2 Å². The molecule has 0 radical (unpaired) electrons. The van der Waals surface area contributed by atoms with E-state index in [4.69, 9.17) is 40.5 Å². The fourth-order valence-electron chi connectivity index (χ4n) is 8.81. The lowest BCUT2D eigenvalue weighted by Crippen LogP contribution is -2.70. The van der Waals surface area contributed by atoms with Crippen LogP contribution in [0.5, 0.6) is 11.5 Å². The number of ether oxygens (including phenoxy) is 4. The van der Waals surface area contributed by atoms with Crippen LogP contribution in [-0.4, -0.2) is 108 Å². The molecule has 0 aromatic heterocycles. The van der Waals surface area contributed by atoms with E-state index in [0.717, 1.165) is 62.2 Å². The van der Waals surface area contributed by atoms with E-state index >= 15 is 0 Å². The number of hydrogen-bond acceptors (Lipinski definition) is 10. The molecule has 2 aliphatic carbocycles. The molecule has 2 heterocycles. The van der Waals surface area contributed by atoms with E-state index in [1.165, 1.54) is 12.1 Å². The summed E-state index contributed by atoms with van der Waals surface area (Å²) >= 11 is 6.06. The molecule has 1 amide bonds. The van der Waals surface area contributed by atoms with Crippen LogP contribution in [0.3, 0.4) is 0 Å². The van der Waals surface area contributed by atoms with E-state index in [1.54, 1.807) is 23.1 Å². The van der Waals surface area contributed by atoms with E-state index in [9.17, 15) is 19.4 Å². The van der Waals surface area contributed by atoms with Gasteiger partial charge in [0.25, 0.3) is 0 Å². The van der Waals surface area contributed by atoms with E-state index in [-0.39, 0.29) is 63.0 Å². The molecule has 58 heavy (non-hydrogen) atoms. The van der Waals surface area contributed by atoms with E-state index < -0.39 is 35.3 Å². The molecule has 13 heteroatoms. The van der Waals surface area contributed by atoms with Crippen LogP contribution in [0.15, 0.2) is 71.9 Å². The van der Waals surface area contributed by atoms with Crippen LogP contribution in [-0.2, 0) is 20.9 Å². The first kappa shape index (κ1) is 43.9. The summed E-state index contributed by atoms with van der Waals surface area (Å²) in [6.07, 6.45) is 8.14. The molecular formula is C45H61ClFN3O8. The number of carbonyl (C=O) groups is 1. The summed E-state index contributed by atoms with van der Waals surface area (Å²) in [5.41, 5.74) is 2.63. The minimum atomic E-state index is -1.48. The third-order valence-corrected chi connectivity index (χ3v) is 11.6. The zero-order valence-corrected chi connectivity index (χ0v) is 35.0. The van der Waals surface area contributed by atoms with Crippen molar-refractivity contribution < 1.29 is 43.2 Å². The van der Waals surface area contributed by atoms with Gasteiger partial charge in [-0.1, -0.05) is 42.3 Å². The summed E-state index contributed by atoms with van der Waals surface area (Å²) in [5, 5.41) is 24.7. The number of benzene rings is 2. The number of aliphatic hydroxyl groups excluding tert-OH is 2. The summed E-state index contributed by atoms with van der Waals surface area (Å²) in [6.45, 7) is 13.7. The van der Waals surface area contributed by atoms with Gasteiger partial charge in [0, 0.05) is 57.3 Å². The Morgan fingerprint density at radius 1 is 1.09 bits per heavy atom. The molecule has 0 spiro atoms. The van der Waals surface area contributed by atoms with Gasteiger partial charge in [0.2, 0.25) is 5.79 Å². The van der Waals surface area contributed by atoms with Crippen LogP contribution < -0.4 is 9.47 Å². The maximum atomic E-state index is 14.4. The fraction of sp³-hybridized carbons (Fsp3) is 0.600. The van der Waals surface area contributed by atoms with Crippen molar-refractivity contribution in [2.45, 2.75) is 95.6 Å². The summed E-state index contributed by atoms with van der Waals surface area (Å²) in [5.74, 6) is -0.985. The molecule has 6 unspecified atom stereocenters. The third-order valence-electron chi connectivity index (χ3n) is 11.5. The average molecular weight is 826 g/mol. The number of allylic oxidation sites excluding steroid dienone is 1. The molecular weight excluding hydrogens is 765 g/mol. The molecule has 2 aromatic rings. The van der Waals surface area contributed by atoms with E-state index in [2.05, 4.69) is 23.6 Å². The van der Waals surface area contributed by atoms with Gasteiger partial charge in [0.05, 0.1) is 24.1 Å². The third kappa shape index (κ3) is 10.5. The number of hydrogen-bond donors (Lipinski definition) is 2. The molecule has 4 aliphatic rings. The highest BCUT2D eigenvalue weighted by atomic mass is 35.5. The highest BCUT2D eigenvalue weighted by Crippen LogP contribution is 2.62. The number of alkyl halides is 1. The van der Waals surface area contributed by atoms with Crippen molar-refractivity contribution in [1.29, 1.82) is 0 Å². The van der Waals surface area contributed by atoms with Crippen LogP contribution in [0.1, 0.15) is 82.8 Å². The number of aliphatic hydroxyl groups is 2. The Labute approximate surface area is 347 Å². The largest absolute Gasteiger partial charge is 0.492 e. The molecule has 11 nitrogen and oxygen atoms in total. The van der Waals surface area contributed by atoms with Gasteiger partial charge in [-0.3, -0.25) is 9.80 Å². The monoisotopic (exact) mass is 825 g/mol. The quantitative estimate of drug-likeness (QED) is 0.0427. The fourth-order valence-corrected chi connectivity index (χ4v) is 8.89. The molecule has 2 N–H and O–H groups in total. The maximum Gasteiger partial charge on any atom is 0.410 e. The highest BCUT2D eigenvalue weighted by molar-refractivity contribution is 6.18. The Hall–Kier alpha value is -3.68. The minimum absolute atomic E-state index is 0.0223. The van der Waals surface area contributed by atoms with Crippen LogP contribution >= 0.6 is 11.6 Å². The number of fused-ring (bicyclic) bond motifs is 2. The molecule has 2 aromatic carbocycles. The molecule has 1 saturated heterocycles. The Balaban J connectivity index is 1.58. The second-order valence-electron chi connectivity index (χ2n) is 16.7. The van der Waals surface area contributed by atoms with Crippen LogP contribution in [0.2, 0.25) is 0 Å². The summed E-state index contributed by atoms with van der Waals surface area (Å²) in [6, 6.07) is 11.2. The lowest BCUT2D eigenvalue weighted by Gasteiger charge is -2.60. The number of nitrogens with zero attached hydrogens (tertiary/aromatic N) is 3. The van der Waals surface area contributed by atoms with Crippen molar-refractivity contribution in [1.82, 2.24) is 9.80 Å². The van der Waals surface area contributed by atoms with Crippen molar-refractivity contribution in [3.8, 4) is 11.5 Å². The Bertz CT molecular complexity index is 1750. The van der Waals surface area contributed by atoms with Gasteiger partial charge in [-0.25, -0.2) is 9.18 Å². The van der Waals surface area contributed by atoms with Crippen molar-refractivity contribution >= 4 is 23.4 Å². The lowest BCUT2D eigenvalue weighted by molar-refractivity contribution is -0.256. The van der Waals surface area contributed by atoms with Crippen LogP contribution in [0.4, 0.5) is 9.18 Å². The lowest BCUT2D eigenvalue weighted by atomic mass is 9.55. The molecule has 6 rings (SSSR count). The number of rotatable bonds is 21. The highest BCUT2D eigenvalue weighted by Gasteiger charge is 2.65. The number of unbranched alkanes of at least 4 members (excludes halogenated alkanes) is 2. The maximum absolute atomic E-state index is 14.4. The van der Waals surface area contributed by atoms with Crippen molar-refractivity contribution in [2.24, 2.45) is 22.9 Å². The SMILES string of the molecule is C=CCOC12Oc3ccc(OCCN4CC4)cc3C3C(CCCCO)C(CCCCO)C=C(C(=NOC(C)(C)C)CC1N(Cc1ccc(F)cc1)C(=O)OCCCl)C32. The van der Waals surface area contributed by atoms with Gasteiger partial charge >= 0.3 is 6.09 Å². The molecule has 2 fully saturated rings. The Morgan fingerprint density at radius 2 is 1.83 bits per heavy atom.